The van der Waals surface area contributed by atoms with Crippen molar-refractivity contribution < 1.29 is 26.3 Å². The Morgan fingerprint density at radius 2 is 0.564 bits per heavy atom. The zero-order chi connectivity index (χ0) is 65.9. The van der Waals surface area contributed by atoms with Crippen LogP contribution in [0.4, 0.5) is 60.5 Å². The Labute approximate surface area is 531 Å². The molecular weight excluding hydrogens is 1190 g/mol. The third kappa shape index (κ3) is 10.5. The van der Waals surface area contributed by atoms with Crippen molar-refractivity contribution in [2.75, 3.05) is 0 Å². The first-order valence-corrected chi connectivity index (χ1v) is 28.2. The molecule has 94 heavy (non-hydrogen) atoms. The van der Waals surface area contributed by atoms with E-state index >= 15 is 0 Å². The van der Waals surface area contributed by atoms with Crippen LogP contribution in [0.1, 0.15) is 27.8 Å². The minimum atomic E-state index is -5.20. The summed E-state index contributed by atoms with van der Waals surface area (Å²) in [7, 11) is 0. The van der Waals surface area contributed by atoms with E-state index in [1.807, 2.05) is 69.8 Å². The third-order valence-electron chi connectivity index (χ3n) is 16.4. The summed E-state index contributed by atoms with van der Waals surface area (Å²) in [6.07, 6.45) is -10.4. The smallest absolute Gasteiger partial charge is 0.309 e. The van der Waals surface area contributed by atoms with Crippen LogP contribution < -0.4 is 0 Å². The Morgan fingerprint density at radius 1 is 0.277 bits per heavy atom. The van der Waals surface area contributed by atoms with E-state index in [1.165, 1.54) is 36.4 Å². The molecule has 0 N–H and O–H groups in total. The zero-order valence-electron chi connectivity index (χ0n) is 48.2. The summed E-state index contributed by atoms with van der Waals surface area (Å²) in [5, 5.41) is 32.6. The quantitative estimate of drug-likeness (QED) is 0.112. The van der Waals surface area contributed by atoms with Gasteiger partial charge in [-0.25, -0.2) is 29.1 Å². The van der Waals surface area contributed by atoms with Crippen molar-refractivity contribution in [2.24, 2.45) is 0 Å². The summed E-state index contributed by atoms with van der Waals surface area (Å²) in [4.78, 5) is 21.9. The van der Waals surface area contributed by atoms with Crippen molar-refractivity contribution in [1.29, 1.82) is 15.8 Å². The van der Waals surface area contributed by atoms with E-state index in [1.54, 1.807) is 84.9 Å². The van der Waals surface area contributed by atoms with E-state index in [9.17, 15) is 42.1 Å². The molecule has 0 bridgehead atoms. The van der Waals surface area contributed by atoms with Gasteiger partial charge in [0.2, 0.25) is 0 Å². The fourth-order valence-corrected chi connectivity index (χ4v) is 12.1. The van der Waals surface area contributed by atoms with Gasteiger partial charge in [0.25, 0.3) is 0 Å². The normalized spacial score (nSPS) is 11.2. The van der Waals surface area contributed by atoms with Gasteiger partial charge in [-0.05, 0) is 207 Å². The molecule has 17 heteroatoms. The lowest BCUT2D eigenvalue weighted by molar-refractivity contribution is -0.143. The van der Waals surface area contributed by atoms with Crippen molar-refractivity contribution in [3.63, 3.8) is 0 Å². The van der Waals surface area contributed by atoms with Crippen molar-refractivity contribution in [3.8, 4) is 96.3 Å². The molecule has 0 aliphatic heterocycles. The number of halogens is 6. The molecule has 0 saturated heterocycles. The first kappa shape index (κ1) is 59.0. The summed E-state index contributed by atoms with van der Waals surface area (Å²) in [5.74, 6) is 0. The molecule has 0 saturated carbocycles. The number of hydrogen-bond donors (Lipinski definition) is 0. The number of rotatable bonds is 8. The predicted molar refractivity (Wildman–Crippen MR) is 349 cm³/mol. The monoisotopic (exact) mass is 1230 g/mol. The van der Waals surface area contributed by atoms with Crippen LogP contribution in [0.2, 0.25) is 0 Å². The lowest BCUT2D eigenvalue weighted by Gasteiger charge is -2.21. The molecule has 11 nitrogen and oxygen atoms in total. The molecule has 2 aromatic heterocycles. The van der Waals surface area contributed by atoms with Gasteiger partial charge in [-0.2, -0.15) is 42.1 Å². The number of fused-ring (bicyclic) bond motifs is 6. The van der Waals surface area contributed by atoms with Gasteiger partial charge in [-0.3, -0.25) is 0 Å². The molecule has 11 aromatic carbocycles. The number of nitriles is 3. The van der Waals surface area contributed by atoms with E-state index in [2.05, 4.69) is 47.3 Å². The van der Waals surface area contributed by atoms with Crippen LogP contribution in [-0.2, 0) is 12.4 Å². The summed E-state index contributed by atoms with van der Waals surface area (Å²) in [6.45, 7) is 47.6. The second kappa shape index (κ2) is 22.9. The maximum atomic E-state index is 14.8. The highest BCUT2D eigenvalue weighted by molar-refractivity contribution is 6.14. The van der Waals surface area contributed by atoms with Crippen molar-refractivity contribution in [1.82, 2.24) is 9.13 Å². The molecule has 0 spiro atoms. The predicted octanol–water partition coefficient (Wildman–Crippen LogP) is 22.8. The average Bonchev–Trinajstić information content (AvgIpc) is 1.56. The molecule has 0 radical (unpaired) electrons. The van der Waals surface area contributed by atoms with E-state index < -0.39 is 29.0 Å². The van der Waals surface area contributed by atoms with Gasteiger partial charge in [0.05, 0.1) is 102 Å². The summed E-state index contributed by atoms with van der Waals surface area (Å²) in [5.41, 5.74) is 6.45. The van der Waals surface area contributed by atoms with Gasteiger partial charge in [0.1, 0.15) is 0 Å². The number of hydrogen-bond acceptors (Lipinski definition) is 3. The highest BCUT2D eigenvalue weighted by atomic mass is 19.4. The Balaban J connectivity index is 1.15. The zero-order valence-corrected chi connectivity index (χ0v) is 48.2. The van der Waals surface area contributed by atoms with Gasteiger partial charge in [0.15, 0.2) is 34.1 Å². The first-order chi connectivity index (χ1) is 45.3. The fourth-order valence-electron chi connectivity index (χ4n) is 12.1. The molecule has 13 aromatic rings. The van der Waals surface area contributed by atoms with Crippen LogP contribution in [0.3, 0.4) is 0 Å². The Hall–Kier alpha value is -14.0. The number of aromatic nitrogens is 2. The van der Waals surface area contributed by atoms with Crippen molar-refractivity contribution >= 4 is 77.7 Å². The largest absolute Gasteiger partial charge is 0.416 e. The molecule has 0 aliphatic carbocycles. The minimum Gasteiger partial charge on any atom is -0.309 e. The van der Waals surface area contributed by atoms with E-state index in [0.717, 1.165) is 0 Å². The minimum absolute atomic E-state index is 0.0586. The standard InChI is InChI=1S/C77H33F6N11/c1-87-58-12-18-75(94-72-14-8-47(52-20-44(41-85)23-60(28-52)89-3)32-64(72)65-33-48(9-15-73(65)94)53-21-45(42-86)24-61(29-53)90-4)69(39-58)68-35-49(54-25-56(76(78,79)80)37-57(26-54)77(81,82)83)10-16-74(68)93-70-13-7-46(51-19-43(40-84)22-59(27-51)88-2)34-66(70)67-36-50(11-17-71(67)93)55-30-62(91-5)38-63(31-55)92-6/h7-39H. The SMILES string of the molecule is [C-]#[N+]c1cc(C#N)cc(-c2ccc3c(c2)c2cc(-c4cc(C#N)cc([N+]#[C-])c4)ccc2n3-c2ccc([N+]#[C-])cc2-c2cc(-c3cc(C(F)(F)F)cc(C(F)(F)F)c3)ccc2-n2c3ccc(-c4cc(C#N)cc([N+]#[C-])c4)cc3c3cc(-c4cc([N+]#[C-])cc([N+]#[C-])c4)ccc32)c1. The van der Waals surface area contributed by atoms with Crippen molar-refractivity contribution in [3.05, 3.63) is 297 Å². The summed E-state index contributed by atoms with van der Waals surface area (Å²) >= 11 is 0. The second-order valence-corrected chi connectivity index (χ2v) is 21.9. The first-order valence-electron chi connectivity index (χ1n) is 28.2. The fraction of sp³-hybridized carbons (Fsp3) is 0.0260. The summed E-state index contributed by atoms with van der Waals surface area (Å²) < 4.78 is 92.6. The summed E-state index contributed by atoms with van der Waals surface area (Å²) in [6, 6.07) is 58.3. The molecule has 0 unspecified atom stereocenters. The second-order valence-electron chi connectivity index (χ2n) is 21.9. The Bertz CT molecular complexity index is 5490. The molecule has 13 rings (SSSR count). The van der Waals surface area contributed by atoms with Gasteiger partial charge >= 0.3 is 12.4 Å². The molecule has 0 fully saturated rings. The van der Waals surface area contributed by atoms with Crippen LogP contribution in [0.5, 0.6) is 0 Å². The van der Waals surface area contributed by atoms with E-state index in [4.69, 9.17) is 39.4 Å². The Kier molecular flexibility index (Phi) is 14.4. The molecule has 0 amide bonds. The number of benzene rings is 11. The van der Waals surface area contributed by atoms with E-state index in [-0.39, 0.29) is 73.6 Å². The van der Waals surface area contributed by atoms with Crippen molar-refractivity contribution in [2.45, 2.75) is 12.4 Å². The number of nitrogens with zero attached hydrogens (tertiary/aromatic N) is 11. The lowest BCUT2D eigenvalue weighted by atomic mass is 9.93. The van der Waals surface area contributed by atoms with Gasteiger partial charge in [-0.15, -0.1) is 0 Å². The van der Waals surface area contributed by atoms with Crippen LogP contribution in [0.15, 0.2) is 200 Å². The highest BCUT2D eigenvalue weighted by Crippen LogP contribution is 2.48. The Morgan fingerprint density at radius 3 is 0.894 bits per heavy atom. The van der Waals surface area contributed by atoms with E-state index in [0.29, 0.717) is 112 Å². The molecule has 0 atom stereocenters. The molecular formula is C77H33F6N11. The van der Waals surface area contributed by atoms with Gasteiger partial charge in [-0.1, -0.05) is 54.6 Å². The highest BCUT2D eigenvalue weighted by Gasteiger charge is 2.37. The topological polar surface area (TPSA) is 107 Å². The van der Waals surface area contributed by atoms with Gasteiger partial charge in [0, 0.05) is 43.8 Å². The maximum Gasteiger partial charge on any atom is 0.416 e. The average molecular weight is 1230 g/mol. The van der Waals surface area contributed by atoms with Crippen LogP contribution >= 0.6 is 0 Å². The maximum absolute atomic E-state index is 14.8. The lowest BCUT2D eigenvalue weighted by Crippen LogP contribution is -2.11. The van der Waals surface area contributed by atoms with Crippen LogP contribution in [0.25, 0.3) is 151 Å². The van der Waals surface area contributed by atoms with Crippen LogP contribution in [-0.4, -0.2) is 9.13 Å². The third-order valence-corrected chi connectivity index (χ3v) is 16.4. The number of alkyl halides is 6. The molecule has 2 heterocycles. The molecule has 438 valence electrons. The molecule has 0 aliphatic rings. The van der Waals surface area contributed by atoms with Gasteiger partial charge < -0.3 is 9.13 Å². The van der Waals surface area contributed by atoms with Crippen LogP contribution in [0, 0.1) is 73.4 Å².